The van der Waals surface area contributed by atoms with Crippen molar-refractivity contribution in [2.24, 2.45) is 5.92 Å². The third-order valence-electron chi connectivity index (χ3n) is 3.52. The summed E-state index contributed by atoms with van der Waals surface area (Å²) in [7, 11) is -3.65. The minimum Gasteiger partial charge on any atom is -0.466 e. The normalized spacial score (nSPS) is 19.9. The fourth-order valence-electron chi connectivity index (χ4n) is 2.43. The van der Waals surface area contributed by atoms with Crippen LogP contribution >= 0.6 is 31.9 Å². The maximum atomic E-state index is 12.8. The number of nitrogens with zero attached hydrogens (tertiary/aromatic N) is 1. The highest BCUT2D eigenvalue weighted by atomic mass is 79.9. The molecule has 2 rings (SSSR count). The lowest BCUT2D eigenvalue weighted by molar-refractivity contribution is -0.149. The van der Waals surface area contributed by atoms with E-state index < -0.39 is 15.9 Å². The van der Waals surface area contributed by atoms with Crippen LogP contribution in [0.1, 0.15) is 19.8 Å². The lowest BCUT2D eigenvalue weighted by atomic mass is 10.0. The molecule has 0 unspecified atom stereocenters. The van der Waals surface area contributed by atoms with Crippen LogP contribution in [0.15, 0.2) is 32.0 Å². The third-order valence-corrected chi connectivity index (χ3v) is 6.87. The number of carbonyl (C=O) groups is 1. The highest BCUT2D eigenvalue weighted by molar-refractivity contribution is 9.11. The molecule has 0 aliphatic carbocycles. The van der Waals surface area contributed by atoms with E-state index >= 15 is 0 Å². The molecule has 0 bridgehead atoms. The van der Waals surface area contributed by atoms with Crippen molar-refractivity contribution < 1.29 is 17.9 Å². The van der Waals surface area contributed by atoms with Crippen LogP contribution in [0.4, 0.5) is 0 Å². The molecule has 8 heteroatoms. The molecular weight excluding hydrogens is 438 g/mol. The molecule has 1 atom stereocenters. The lowest BCUT2D eigenvalue weighted by Crippen LogP contribution is -2.42. The van der Waals surface area contributed by atoms with Crippen LogP contribution < -0.4 is 0 Å². The fourth-order valence-corrected chi connectivity index (χ4v) is 5.41. The highest BCUT2D eigenvalue weighted by Gasteiger charge is 2.34. The van der Waals surface area contributed by atoms with E-state index in [1.165, 1.54) is 4.31 Å². The van der Waals surface area contributed by atoms with Gasteiger partial charge in [-0.2, -0.15) is 4.31 Å². The van der Waals surface area contributed by atoms with Crippen LogP contribution in [0, 0.1) is 5.92 Å². The second-order valence-electron chi connectivity index (χ2n) is 5.03. The average molecular weight is 455 g/mol. The van der Waals surface area contributed by atoms with Gasteiger partial charge in [0, 0.05) is 22.0 Å². The molecule has 1 heterocycles. The largest absolute Gasteiger partial charge is 0.466 e. The van der Waals surface area contributed by atoms with Crippen molar-refractivity contribution in [2.45, 2.75) is 24.7 Å². The molecule has 0 aromatic heterocycles. The van der Waals surface area contributed by atoms with Crippen molar-refractivity contribution in [1.29, 1.82) is 0 Å². The van der Waals surface area contributed by atoms with Crippen molar-refractivity contribution >= 4 is 47.9 Å². The summed E-state index contributed by atoms with van der Waals surface area (Å²) in [5.74, 6) is -0.717. The predicted molar refractivity (Wildman–Crippen MR) is 90.0 cm³/mol. The number of piperidine rings is 1. The summed E-state index contributed by atoms with van der Waals surface area (Å²) in [4.78, 5) is 12.1. The molecule has 0 radical (unpaired) electrons. The summed E-state index contributed by atoms with van der Waals surface area (Å²) in [6.45, 7) is 2.63. The Hall–Kier alpha value is -0.440. The van der Waals surface area contributed by atoms with Gasteiger partial charge in [0.25, 0.3) is 0 Å². The molecule has 122 valence electrons. The summed E-state index contributed by atoms with van der Waals surface area (Å²) in [6.07, 6.45) is 1.30. The fraction of sp³-hybridized carbons (Fsp3) is 0.500. The lowest BCUT2D eigenvalue weighted by Gasteiger charge is -2.31. The number of carbonyl (C=O) groups excluding carboxylic acids is 1. The van der Waals surface area contributed by atoms with Gasteiger partial charge in [-0.15, -0.1) is 0 Å². The summed E-state index contributed by atoms with van der Waals surface area (Å²) < 4.78 is 33.2. The van der Waals surface area contributed by atoms with Crippen LogP contribution in [-0.4, -0.2) is 38.4 Å². The van der Waals surface area contributed by atoms with Gasteiger partial charge >= 0.3 is 5.97 Å². The Kier molecular flexibility index (Phi) is 6.04. The van der Waals surface area contributed by atoms with Gasteiger partial charge in [-0.05, 0) is 53.9 Å². The van der Waals surface area contributed by atoms with Crippen LogP contribution in [-0.2, 0) is 19.6 Å². The Labute approximate surface area is 147 Å². The maximum Gasteiger partial charge on any atom is 0.310 e. The Balaban J connectivity index is 2.25. The number of benzene rings is 1. The Morgan fingerprint density at radius 2 is 2.14 bits per heavy atom. The number of sulfonamides is 1. The summed E-state index contributed by atoms with van der Waals surface area (Å²) in [5.41, 5.74) is 0. The van der Waals surface area contributed by atoms with E-state index in [-0.39, 0.29) is 17.4 Å². The molecule has 1 aromatic carbocycles. The smallest absolute Gasteiger partial charge is 0.310 e. The van der Waals surface area contributed by atoms with Gasteiger partial charge in [0.05, 0.1) is 17.4 Å². The van der Waals surface area contributed by atoms with E-state index in [0.29, 0.717) is 34.9 Å². The first-order valence-electron chi connectivity index (χ1n) is 6.98. The van der Waals surface area contributed by atoms with E-state index in [4.69, 9.17) is 4.74 Å². The van der Waals surface area contributed by atoms with Crippen molar-refractivity contribution in [1.82, 2.24) is 4.31 Å². The minimum atomic E-state index is -3.65. The highest BCUT2D eigenvalue weighted by Crippen LogP contribution is 2.31. The van der Waals surface area contributed by atoms with Gasteiger partial charge < -0.3 is 4.74 Å². The average Bonchev–Trinajstić information content (AvgIpc) is 2.50. The summed E-state index contributed by atoms with van der Waals surface area (Å²) in [5, 5.41) is 0. The van der Waals surface area contributed by atoms with E-state index in [1.54, 1.807) is 25.1 Å². The number of rotatable bonds is 4. The molecular formula is C14H17Br2NO4S. The quantitative estimate of drug-likeness (QED) is 0.655. The molecule has 0 amide bonds. The summed E-state index contributed by atoms with van der Waals surface area (Å²) >= 11 is 6.57. The van der Waals surface area contributed by atoms with Gasteiger partial charge in [0.2, 0.25) is 10.0 Å². The summed E-state index contributed by atoms with van der Waals surface area (Å²) in [6, 6.07) is 5.01. The number of hydrogen-bond acceptors (Lipinski definition) is 4. The molecule has 0 saturated carbocycles. The van der Waals surface area contributed by atoms with Gasteiger partial charge in [0.15, 0.2) is 0 Å². The van der Waals surface area contributed by atoms with Crippen LogP contribution in [0.3, 0.4) is 0 Å². The molecule has 1 aliphatic heterocycles. The third kappa shape index (κ3) is 3.90. The van der Waals surface area contributed by atoms with E-state index in [1.807, 2.05) is 0 Å². The maximum absolute atomic E-state index is 12.8. The van der Waals surface area contributed by atoms with Crippen molar-refractivity contribution in [2.75, 3.05) is 19.7 Å². The molecule has 0 spiro atoms. The van der Waals surface area contributed by atoms with E-state index in [9.17, 15) is 13.2 Å². The standard InChI is InChI=1S/C14H17Br2NO4S/c1-2-21-14(18)10-4-3-7-17(9-10)22(19,20)13-8-11(15)5-6-12(13)16/h5-6,8,10H,2-4,7,9H2,1H3/t10-/m1/s1. The number of halogens is 2. The first-order chi connectivity index (χ1) is 10.4. The Morgan fingerprint density at radius 1 is 1.41 bits per heavy atom. The predicted octanol–water partition coefficient (Wildman–Crippen LogP) is 3.18. The molecule has 22 heavy (non-hydrogen) atoms. The molecule has 5 nitrogen and oxygen atoms in total. The molecule has 1 aliphatic rings. The van der Waals surface area contributed by atoms with Crippen LogP contribution in [0.2, 0.25) is 0 Å². The number of esters is 1. The first-order valence-corrected chi connectivity index (χ1v) is 10.0. The zero-order valence-corrected chi connectivity index (χ0v) is 16.1. The van der Waals surface area contributed by atoms with Gasteiger partial charge in [-0.25, -0.2) is 8.42 Å². The van der Waals surface area contributed by atoms with Crippen molar-refractivity contribution in [3.05, 3.63) is 27.1 Å². The topological polar surface area (TPSA) is 63.7 Å². The number of ether oxygens (including phenoxy) is 1. The Bertz CT molecular complexity index is 663. The molecule has 0 N–H and O–H groups in total. The second-order valence-corrected chi connectivity index (χ2v) is 8.71. The zero-order valence-electron chi connectivity index (χ0n) is 12.1. The zero-order chi connectivity index (χ0) is 16.3. The second kappa shape index (κ2) is 7.42. The SMILES string of the molecule is CCOC(=O)[C@@H]1CCCN(S(=O)(=O)c2cc(Br)ccc2Br)C1. The van der Waals surface area contributed by atoms with Gasteiger partial charge in [-0.1, -0.05) is 15.9 Å². The minimum absolute atomic E-state index is 0.167. The Morgan fingerprint density at radius 3 is 2.82 bits per heavy atom. The molecule has 1 fully saturated rings. The van der Waals surface area contributed by atoms with Crippen molar-refractivity contribution in [3.63, 3.8) is 0 Å². The van der Waals surface area contributed by atoms with E-state index in [2.05, 4.69) is 31.9 Å². The first kappa shape index (κ1) is 17.9. The van der Waals surface area contributed by atoms with Crippen LogP contribution in [0.5, 0.6) is 0 Å². The van der Waals surface area contributed by atoms with Gasteiger partial charge in [0.1, 0.15) is 0 Å². The van der Waals surface area contributed by atoms with E-state index in [0.717, 1.165) is 0 Å². The van der Waals surface area contributed by atoms with Gasteiger partial charge in [-0.3, -0.25) is 4.79 Å². The van der Waals surface area contributed by atoms with Crippen molar-refractivity contribution in [3.8, 4) is 0 Å². The molecule has 1 aromatic rings. The molecule has 1 saturated heterocycles. The monoisotopic (exact) mass is 453 g/mol. The van der Waals surface area contributed by atoms with Crippen LogP contribution in [0.25, 0.3) is 0 Å². The number of hydrogen-bond donors (Lipinski definition) is 0.